The number of thiophene rings is 1. The van der Waals surface area contributed by atoms with Gasteiger partial charge >= 0.3 is 5.97 Å². The van der Waals surface area contributed by atoms with E-state index in [1.54, 1.807) is 17.4 Å². The van der Waals surface area contributed by atoms with Crippen molar-refractivity contribution in [3.63, 3.8) is 0 Å². The van der Waals surface area contributed by atoms with Crippen molar-refractivity contribution >= 4 is 34.8 Å². The highest BCUT2D eigenvalue weighted by atomic mass is 35.5. The van der Waals surface area contributed by atoms with E-state index in [-0.39, 0.29) is 5.91 Å². The van der Waals surface area contributed by atoms with Crippen LogP contribution in [0.3, 0.4) is 0 Å². The van der Waals surface area contributed by atoms with Crippen LogP contribution in [0.5, 0.6) is 0 Å². The topological polar surface area (TPSA) is 57.6 Å². The average molecular weight is 412 g/mol. The van der Waals surface area contributed by atoms with Crippen LogP contribution in [-0.4, -0.2) is 34.5 Å². The summed E-state index contributed by atoms with van der Waals surface area (Å²) in [4.78, 5) is 26.0. The maximum Gasteiger partial charge on any atom is 0.326 e. The first-order valence-electron chi connectivity index (χ1n) is 9.01. The van der Waals surface area contributed by atoms with Gasteiger partial charge in [0, 0.05) is 22.7 Å². The monoisotopic (exact) mass is 411 g/mol. The van der Waals surface area contributed by atoms with Gasteiger partial charge in [-0.3, -0.25) is 4.79 Å². The summed E-state index contributed by atoms with van der Waals surface area (Å²) in [5, 5.41) is 14.1. The lowest BCUT2D eigenvalue weighted by atomic mass is 9.93. The first-order chi connectivity index (χ1) is 13.6. The van der Waals surface area contributed by atoms with E-state index in [2.05, 4.69) is 5.38 Å². The van der Waals surface area contributed by atoms with E-state index in [9.17, 15) is 14.7 Å². The number of benzene rings is 2. The predicted octanol–water partition coefficient (Wildman–Crippen LogP) is 5.42. The number of hydrogen-bond acceptors (Lipinski definition) is 3. The molecule has 1 unspecified atom stereocenters. The Labute approximate surface area is 172 Å². The standard InChI is InChI=1S/C22H18ClNO3S/c23-19-5-2-1-4-17(19)18-12-14(7-8-16(18)15-9-11-28-13-15)21(25)24-10-3-6-20(24)22(26)27/h1-2,4-5,7-9,11-13,20H,3,6,10H2,(H,26,27). The molecule has 28 heavy (non-hydrogen) atoms. The fraction of sp³-hybridized carbons (Fsp3) is 0.182. The number of nitrogens with zero attached hydrogens (tertiary/aromatic N) is 1. The van der Waals surface area contributed by atoms with Crippen molar-refractivity contribution in [2.24, 2.45) is 0 Å². The molecule has 0 bridgehead atoms. The highest BCUT2D eigenvalue weighted by Crippen LogP contribution is 2.37. The molecule has 2 aromatic carbocycles. The quantitative estimate of drug-likeness (QED) is 0.623. The zero-order valence-electron chi connectivity index (χ0n) is 15.0. The molecule has 1 aliphatic heterocycles. The van der Waals surface area contributed by atoms with Gasteiger partial charge in [-0.25, -0.2) is 4.79 Å². The molecule has 6 heteroatoms. The smallest absolute Gasteiger partial charge is 0.326 e. The van der Waals surface area contributed by atoms with E-state index in [1.807, 2.05) is 47.8 Å². The van der Waals surface area contributed by atoms with Crippen molar-refractivity contribution in [2.75, 3.05) is 6.54 Å². The van der Waals surface area contributed by atoms with Gasteiger partial charge in [0.25, 0.3) is 5.91 Å². The molecule has 142 valence electrons. The van der Waals surface area contributed by atoms with Crippen molar-refractivity contribution < 1.29 is 14.7 Å². The Morgan fingerprint density at radius 3 is 2.61 bits per heavy atom. The highest BCUT2D eigenvalue weighted by Gasteiger charge is 2.34. The summed E-state index contributed by atoms with van der Waals surface area (Å²) in [6.45, 7) is 0.462. The lowest BCUT2D eigenvalue weighted by Gasteiger charge is -2.22. The number of rotatable bonds is 4. The molecule has 1 atom stereocenters. The van der Waals surface area contributed by atoms with E-state index in [4.69, 9.17) is 11.6 Å². The Balaban J connectivity index is 1.81. The molecule has 1 saturated heterocycles. The molecule has 2 heterocycles. The van der Waals surface area contributed by atoms with E-state index in [0.29, 0.717) is 30.0 Å². The molecule has 1 aromatic heterocycles. The number of halogens is 1. The van der Waals surface area contributed by atoms with Crippen molar-refractivity contribution in [3.8, 4) is 22.3 Å². The summed E-state index contributed by atoms with van der Waals surface area (Å²) in [6.07, 6.45) is 1.19. The lowest BCUT2D eigenvalue weighted by Crippen LogP contribution is -2.40. The zero-order chi connectivity index (χ0) is 19.7. The van der Waals surface area contributed by atoms with Crippen LogP contribution in [0, 0.1) is 0 Å². The number of likely N-dealkylation sites (tertiary alicyclic amines) is 1. The Bertz CT molecular complexity index is 1030. The molecule has 4 rings (SSSR count). The van der Waals surface area contributed by atoms with Crippen molar-refractivity contribution in [1.82, 2.24) is 4.90 Å². The Morgan fingerprint density at radius 2 is 1.89 bits per heavy atom. The summed E-state index contributed by atoms with van der Waals surface area (Å²) in [6, 6.07) is 14.3. The van der Waals surface area contributed by atoms with Gasteiger partial charge in [0.2, 0.25) is 0 Å². The number of carbonyl (C=O) groups excluding carboxylic acids is 1. The molecule has 1 N–H and O–H groups in total. The minimum atomic E-state index is -0.952. The van der Waals surface area contributed by atoms with Crippen LogP contribution in [0.2, 0.25) is 5.02 Å². The Morgan fingerprint density at radius 1 is 1.07 bits per heavy atom. The number of carboxylic acid groups (broad SMARTS) is 1. The number of carbonyl (C=O) groups is 2. The molecule has 0 saturated carbocycles. The van der Waals surface area contributed by atoms with Crippen LogP contribution in [0.4, 0.5) is 0 Å². The third-order valence-electron chi connectivity index (χ3n) is 5.06. The first-order valence-corrected chi connectivity index (χ1v) is 10.3. The minimum absolute atomic E-state index is 0.255. The molecule has 4 nitrogen and oxygen atoms in total. The van der Waals surface area contributed by atoms with E-state index in [0.717, 1.165) is 22.3 Å². The largest absolute Gasteiger partial charge is 0.480 e. The third kappa shape index (κ3) is 3.43. The summed E-state index contributed by atoms with van der Waals surface area (Å²) < 4.78 is 0. The number of hydrogen-bond donors (Lipinski definition) is 1. The van der Waals surface area contributed by atoms with E-state index >= 15 is 0 Å². The second-order valence-corrected chi connectivity index (χ2v) is 7.93. The molecular weight excluding hydrogens is 394 g/mol. The zero-order valence-corrected chi connectivity index (χ0v) is 16.5. The van der Waals surface area contributed by atoms with Crippen molar-refractivity contribution in [2.45, 2.75) is 18.9 Å². The molecule has 0 aliphatic carbocycles. The maximum absolute atomic E-state index is 13.1. The first kappa shape index (κ1) is 18.7. The third-order valence-corrected chi connectivity index (χ3v) is 6.07. The average Bonchev–Trinajstić information content (AvgIpc) is 3.39. The van der Waals surface area contributed by atoms with E-state index in [1.165, 1.54) is 4.90 Å². The highest BCUT2D eigenvalue weighted by molar-refractivity contribution is 7.08. The summed E-state index contributed by atoms with van der Waals surface area (Å²) >= 11 is 8.05. The summed E-state index contributed by atoms with van der Waals surface area (Å²) in [7, 11) is 0. The molecule has 1 amide bonds. The van der Waals surface area contributed by atoms with Crippen LogP contribution in [-0.2, 0) is 4.79 Å². The molecule has 0 radical (unpaired) electrons. The second-order valence-electron chi connectivity index (χ2n) is 6.75. The van der Waals surface area contributed by atoms with Crippen LogP contribution in [0.15, 0.2) is 59.3 Å². The minimum Gasteiger partial charge on any atom is -0.480 e. The molecule has 1 aliphatic rings. The number of aliphatic carboxylic acids is 1. The summed E-state index contributed by atoms with van der Waals surface area (Å²) in [5.74, 6) is -1.21. The summed E-state index contributed by atoms with van der Waals surface area (Å²) in [5.41, 5.74) is 4.23. The van der Waals surface area contributed by atoms with Gasteiger partial charge < -0.3 is 10.0 Å². The van der Waals surface area contributed by atoms with Crippen LogP contribution in [0.25, 0.3) is 22.3 Å². The molecule has 0 spiro atoms. The van der Waals surface area contributed by atoms with Crippen LogP contribution >= 0.6 is 22.9 Å². The molecule has 1 fully saturated rings. The lowest BCUT2D eigenvalue weighted by molar-refractivity contribution is -0.141. The van der Waals surface area contributed by atoms with Gasteiger partial charge in [0.15, 0.2) is 0 Å². The second kappa shape index (κ2) is 7.78. The Hall–Kier alpha value is -2.63. The van der Waals surface area contributed by atoms with Gasteiger partial charge in [0.1, 0.15) is 6.04 Å². The van der Waals surface area contributed by atoms with Gasteiger partial charge in [-0.1, -0.05) is 35.9 Å². The van der Waals surface area contributed by atoms with Gasteiger partial charge in [0.05, 0.1) is 0 Å². The molecular formula is C22H18ClNO3S. The SMILES string of the molecule is O=C(O)C1CCCN1C(=O)c1ccc(-c2ccsc2)c(-c2ccccc2Cl)c1. The van der Waals surface area contributed by atoms with E-state index < -0.39 is 12.0 Å². The number of amides is 1. The van der Waals surface area contributed by atoms with Crippen LogP contribution < -0.4 is 0 Å². The fourth-order valence-corrected chi connectivity index (χ4v) is 4.57. The van der Waals surface area contributed by atoms with Gasteiger partial charge in [-0.15, -0.1) is 0 Å². The Kier molecular flexibility index (Phi) is 5.20. The predicted molar refractivity (Wildman–Crippen MR) is 112 cm³/mol. The number of carboxylic acids is 1. The van der Waals surface area contributed by atoms with Crippen LogP contribution in [0.1, 0.15) is 23.2 Å². The fourth-order valence-electron chi connectivity index (χ4n) is 3.68. The normalized spacial score (nSPS) is 16.3. The maximum atomic E-state index is 13.1. The van der Waals surface area contributed by atoms with Gasteiger partial charge in [-0.2, -0.15) is 11.3 Å². The van der Waals surface area contributed by atoms with Crippen molar-refractivity contribution in [3.05, 3.63) is 69.9 Å². The molecule has 3 aromatic rings. The van der Waals surface area contributed by atoms with Crippen molar-refractivity contribution in [1.29, 1.82) is 0 Å². The van der Waals surface area contributed by atoms with Gasteiger partial charge in [-0.05, 0) is 64.6 Å².